The molecule has 1 aromatic rings. The Morgan fingerprint density at radius 2 is 0.966 bits per heavy atom. The SMILES string of the molecule is CCC1C(COCC(=O)O)OC(COCC2C(COCC(=O)O)OC(COC)C(O)C2O)C(O)C1O.CCCCCCCCCCCCCCCC[n+]1ccccc1.[Zn]. The van der Waals surface area contributed by atoms with E-state index in [0.29, 0.717) is 6.42 Å². The van der Waals surface area contributed by atoms with Gasteiger partial charge in [0.15, 0.2) is 12.4 Å². The van der Waals surface area contributed by atoms with Gasteiger partial charge in [-0.3, -0.25) is 0 Å². The summed E-state index contributed by atoms with van der Waals surface area (Å²) in [4.78, 5) is 21.5. The molecule has 338 valence electrons. The number of carboxylic acids is 2. The number of aliphatic hydroxyl groups is 4. The molecule has 3 rings (SSSR count). The van der Waals surface area contributed by atoms with Crippen LogP contribution in [0, 0.1) is 11.8 Å². The number of rotatable bonds is 30. The zero-order chi connectivity index (χ0) is 42.5. The monoisotopic (exact) mass is 894 g/mol. The van der Waals surface area contributed by atoms with Crippen LogP contribution >= 0.6 is 0 Å². The van der Waals surface area contributed by atoms with E-state index in [2.05, 4.69) is 42.1 Å². The summed E-state index contributed by atoms with van der Waals surface area (Å²) in [5.74, 6) is -3.63. The summed E-state index contributed by atoms with van der Waals surface area (Å²) in [6.07, 6.45) is 16.5. The number of pyridine rings is 1. The molecule has 15 nitrogen and oxygen atoms in total. The number of carboxylic acid groups (broad SMARTS) is 2. The first-order chi connectivity index (χ1) is 28.0. The predicted octanol–water partition coefficient (Wildman–Crippen LogP) is 3.93. The fourth-order valence-electron chi connectivity index (χ4n) is 7.59. The van der Waals surface area contributed by atoms with E-state index in [4.69, 9.17) is 38.6 Å². The minimum absolute atomic E-state index is 0. The number of carbonyl (C=O) groups is 2. The van der Waals surface area contributed by atoms with Gasteiger partial charge in [-0.2, -0.15) is 0 Å². The summed E-state index contributed by atoms with van der Waals surface area (Å²) >= 11 is 0. The van der Waals surface area contributed by atoms with Crippen LogP contribution in [0.5, 0.6) is 0 Å². The number of aliphatic carboxylic acids is 2. The van der Waals surface area contributed by atoms with Gasteiger partial charge >= 0.3 is 11.9 Å². The third-order valence-electron chi connectivity index (χ3n) is 11.0. The molecule has 2 fully saturated rings. The zero-order valence-electron chi connectivity index (χ0n) is 36.0. The van der Waals surface area contributed by atoms with Crippen molar-refractivity contribution in [3.05, 3.63) is 30.6 Å². The van der Waals surface area contributed by atoms with E-state index in [1.165, 1.54) is 104 Å². The van der Waals surface area contributed by atoms with Gasteiger partial charge in [0, 0.05) is 57.0 Å². The summed E-state index contributed by atoms with van der Waals surface area (Å²) in [6, 6.07) is 6.31. The van der Waals surface area contributed by atoms with Crippen LogP contribution in [-0.4, -0.2) is 145 Å². The quantitative estimate of drug-likeness (QED) is 0.0367. The fraction of sp³-hybridized carbons (Fsp3) is 0.837. The molecule has 0 aliphatic carbocycles. The van der Waals surface area contributed by atoms with Crippen LogP contribution in [0.4, 0.5) is 0 Å². The summed E-state index contributed by atoms with van der Waals surface area (Å²) < 4.78 is 34.9. The summed E-state index contributed by atoms with van der Waals surface area (Å²) in [6.45, 7) is 3.49. The van der Waals surface area contributed by atoms with Crippen molar-refractivity contribution in [2.45, 2.75) is 166 Å². The van der Waals surface area contributed by atoms with Gasteiger partial charge in [0.2, 0.25) is 0 Å². The molecule has 2 saturated heterocycles. The Morgan fingerprint density at radius 1 is 0.542 bits per heavy atom. The van der Waals surface area contributed by atoms with E-state index in [9.17, 15) is 30.0 Å². The molecule has 0 spiro atoms. The van der Waals surface area contributed by atoms with Gasteiger partial charge < -0.3 is 59.1 Å². The Kier molecular flexibility index (Phi) is 31.8. The zero-order valence-corrected chi connectivity index (χ0v) is 39.0. The molecule has 2 aliphatic rings. The van der Waals surface area contributed by atoms with E-state index < -0.39 is 85.8 Å². The minimum atomic E-state index is -1.30. The molecule has 0 radical (unpaired) electrons. The molecule has 10 unspecified atom stereocenters. The van der Waals surface area contributed by atoms with E-state index in [1.54, 1.807) is 6.92 Å². The molecule has 0 saturated carbocycles. The van der Waals surface area contributed by atoms with Crippen LogP contribution in [0.2, 0.25) is 0 Å². The molecular formula is C43H76NO14Zn+. The van der Waals surface area contributed by atoms with E-state index in [0.717, 1.165) is 0 Å². The van der Waals surface area contributed by atoms with Gasteiger partial charge in [-0.1, -0.05) is 97.0 Å². The Bertz CT molecular complexity index is 1190. The van der Waals surface area contributed by atoms with Gasteiger partial charge in [-0.05, 0) is 12.8 Å². The van der Waals surface area contributed by atoms with Crippen molar-refractivity contribution in [1.29, 1.82) is 0 Å². The molecule has 3 heterocycles. The number of unbranched alkanes of at least 4 members (excludes halogenated alkanes) is 13. The van der Waals surface area contributed by atoms with Gasteiger partial charge in [-0.15, -0.1) is 0 Å². The molecular weight excluding hydrogens is 820 g/mol. The summed E-state index contributed by atoms with van der Waals surface area (Å²) in [5, 5.41) is 59.7. The Hall–Kier alpha value is -1.69. The Balaban J connectivity index is 0.000000650. The molecule has 59 heavy (non-hydrogen) atoms. The molecule has 0 aromatic carbocycles. The van der Waals surface area contributed by atoms with Crippen molar-refractivity contribution in [3.63, 3.8) is 0 Å². The Morgan fingerprint density at radius 3 is 1.42 bits per heavy atom. The molecule has 6 N–H and O–H groups in total. The van der Waals surface area contributed by atoms with E-state index in [1.807, 2.05) is 0 Å². The average Bonchev–Trinajstić information content (AvgIpc) is 3.20. The maximum Gasteiger partial charge on any atom is 0.329 e. The van der Waals surface area contributed by atoms with Crippen molar-refractivity contribution in [2.24, 2.45) is 11.8 Å². The third-order valence-corrected chi connectivity index (χ3v) is 11.0. The van der Waals surface area contributed by atoms with Crippen LogP contribution in [0.1, 0.15) is 110 Å². The number of aromatic nitrogens is 1. The van der Waals surface area contributed by atoms with Gasteiger partial charge in [-0.25, -0.2) is 14.2 Å². The van der Waals surface area contributed by atoms with Crippen molar-refractivity contribution in [2.75, 3.05) is 53.4 Å². The van der Waals surface area contributed by atoms with Crippen molar-refractivity contribution in [3.8, 4) is 0 Å². The van der Waals surface area contributed by atoms with Crippen molar-refractivity contribution >= 4 is 11.9 Å². The van der Waals surface area contributed by atoms with Crippen LogP contribution < -0.4 is 4.57 Å². The molecule has 10 atom stereocenters. The van der Waals surface area contributed by atoms with Gasteiger partial charge in [0.25, 0.3) is 0 Å². The first kappa shape index (κ1) is 55.3. The maximum absolute atomic E-state index is 10.8. The predicted molar refractivity (Wildman–Crippen MR) is 215 cm³/mol. The second kappa shape index (κ2) is 33.9. The molecule has 0 amide bonds. The average molecular weight is 896 g/mol. The van der Waals surface area contributed by atoms with Gasteiger partial charge in [0.1, 0.15) is 44.2 Å². The van der Waals surface area contributed by atoms with E-state index in [-0.39, 0.29) is 52.5 Å². The number of aliphatic hydroxyl groups excluding tert-OH is 4. The third kappa shape index (κ3) is 22.8. The number of hydrogen-bond donors (Lipinski definition) is 6. The van der Waals surface area contributed by atoms with Crippen LogP contribution in [0.25, 0.3) is 0 Å². The first-order valence-corrected chi connectivity index (χ1v) is 21.7. The van der Waals surface area contributed by atoms with E-state index >= 15 is 0 Å². The van der Waals surface area contributed by atoms with Crippen LogP contribution in [0.15, 0.2) is 30.6 Å². The number of ether oxygens (including phenoxy) is 6. The normalized spacial score (nSPS) is 26.7. The molecule has 2 aliphatic heterocycles. The maximum atomic E-state index is 10.8. The second-order valence-electron chi connectivity index (χ2n) is 15.6. The van der Waals surface area contributed by atoms with Crippen molar-refractivity contribution < 1.29 is 92.7 Å². The molecule has 0 bridgehead atoms. The van der Waals surface area contributed by atoms with Crippen LogP contribution in [0.3, 0.4) is 0 Å². The molecule has 1 aromatic heterocycles. The van der Waals surface area contributed by atoms with Crippen molar-refractivity contribution in [1.82, 2.24) is 0 Å². The minimum Gasteiger partial charge on any atom is -0.480 e. The number of aryl methyl sites for hydroxylation is 1. The van der Waals surface area contributed by atoms with Gasteiger partial charge in [0.05, 0.1) is 57.5 Å². The number of hydrogen-bond acceptors (Lipinski definition) is 12. The summed E-state index contributed by atoms with van der Waals surface area (Å²) in [7, 11) is 1.40. The second-order valence-corrected chi connectivity index (χ2v) is 15.6. The standard InChI is InChI=1S/C22H38O14.C21H38N.Zn/c1-3-11-13(6-33-9-17(23)24)35-16(22(30)19(11)27)8-32-4-12-14(7-34-10-18(25)26)36-15(5-31-2)21(29)20(12)28;1-2-3-4-5-6-7-8-9-10-11-12-13-14-16-19-22-20-17-15-18-21-22;/h11-16,19-22,27-30H,3-10H2,1-2H3,(H,23,24)(H,25,26);15,17-18,20-21H,2-14,16,19H2,1H3;/q;+1;. The smallest absolute Gasteiger partial charge is 0.329 e. The number of nitrogens with zero attached hydrogens (tertiary/aromatic N) is 1. The largest absolute Gasteiger partial charge is 0.480 e. The fourth-order valence-corrected chi connectivity index (χ4v) is 7.59. The first-order valence-electron chi connectivity index (χ1n) is 21.7. The molecule has 16 heteroatoms. The Labute approximate surface area is 364 Å². The summed E-state index contributed by atoms with van der Waals surface area (Å²) in [5.41, 5.74) is 0. The number of methoxy groups -OCH3 is 1. The van der Waals surface area contributed by atoms with Crippen LogP contribution in [-0.2, 0) is 64.0 Å². The topological polar surface area (TPSA) is 215 Å².